The highest BCUT2D eigenvalue weighted by atomic mass is 19.1. The Morgan fingerprint density at radius 3 is 2.54 bits per heavy atom. The molecule has 1 heterocycles. The monoisotopic (exact) mass is 374 g/mol. The Bertz CT molecular complexity index is 997. The zero-order chi connectivity index (χ0) is 19.5. The van der Waals surface area contributed by atoms with Crippen molar-refractivity contribution in [1.29, 1.82) is 0 Å². The van der Waals surface area contributed by atoms with Crippen molar-refractivity contribution >= 4 is 5.71 Å². The number of nitrogens with zero attached hydrogens (tertiary/aromatic N) is 1. The zero-order valence-corrected chi connectivity index (χ0v) is 15.8. The number of para-hydroxylation sites is 1. The maximum atomic E-state index is 13.8. The summed E-state index contributed by atoms with van der Waals surface area (Å²) >= 11 is 0. The second-order valence-electron chi connectivity index (χ2n) is 7.07. The van der Waals surface area contributed by atoms with Crippen LogP contribution in [0.3, 0.4) is 0 Å². The number of halogens is 1. The van der Waals surface area contributed by atoms with Gasteiger partial charge in [-0.3, -0.25) is 10.3 Å². The smallest absolute Gasteiger partial charge is 0.126 e. The molecule has 3 aromatic carbocycles. The lowest BCUT2D eigenvalue weighted by Crippen LogP contribution is -2.33. The van der Waals surface area contributed by atoms with Crippen LogP contribution < -0.4 is 5.32 Å². The van der Waals surface area contributed by atoms with Gasteiger partial charge in [-0.15, -0.1) is 0 Å². The summed E-state index contributed by atoms with van der Waals surface area (Å²) in [5.41, 5.74) is 4.87. The summed E-state index contributed by atoms with van der Waals surface area (Å²) in [6.07, 6.45) is 1.25. The average molecular weight is 374 g/mol. The largest absolute Gasteiger partial charge is 0.508 e. The van der Waals surface area contributed by atoms with Crippen LogP contribution in [0.2, 0.25) is 0 Å². The Labute approximate surface area is 164 Å². The van der Waals surface area contributed by atoms with Crippen LogP contribution in [-0.2, 0) is 6.42 Å². The van der Waals surface area contributed by atoms with Crippen LogP contribution in [-0.4, -0.2) is 10.8 Å². The number of aliphatic imine (C=N–C) groups is 1. The molecular formula is C24H23FN2O. The third kappa shape index (κ3) is 3.82. The molecule has 0 saturated carbocycles. The molecule has 0 amide bonds. The van der Waals surface area contributed by atoms with Gasteiger partial charge in [0, 0.05) is 23.7 Å². The lowest BCUT2D eigenvalue weighted by atomic mass is 9.93. The van der Waals surface area contributed by atoms with Crippen molar-refractivity contribution in [3.8, 4) is 5.75 Å². The molecule has 1 aliphatic heterocycles. The first-order valence-electron chi connectivity index (χ1n) is 9.59. The maximum absolute atomic E-state index is 13.8. The summed E-state index contributed by atoms with van der Waals surface area (Å²) < 4.78 is 13.8. The van der Waals surface area contributed by atoms with E-state index in [-0.39, 0.29) is 23.8 Å². The van der Waals surface area contributed by atoms with E-state index in [4.69, 9.17) is 4.99 Å². The summed E-state index contributed by atoms with van der Waals surface area (Å²) in [6.45, 7) is 2.13. The van der Waals surface area contributed by atoms with Gasteiger partial charge in [-0.2, -0.15) is 0 Å². The third-order valence-electron chi connectivity index (χ3n) is 5.21. The normalized spacial score (nSPS) is 19.3. The number of aryl methyl sites for hydroxylation is 1. The van der Waals surface area contributed by atoms with Gasteiger partial charge in [0.15, 0.2) is 0 Å². The molecule has 2 N–H and O–H groups in total. The Kier molecular flexibility index (Phi) is 5.22. The van der Waals surface area contributed by atoms with E-state index in [0.29, 0.717) is 6.42 Å². The van der Waals surface area contributed by atoms with Crippen molar-refractivity contribution in [3.05, 3.63) is 101 Å². The Balaban J connectivity index is 1.74. The van der Waals surface area contributed by atoms with Gasteiger partial charge in [-0.05, 0) is 41.3 Å². The standard InChI is InChI=1S/C24H23FN2O/c1-2-16-10-12-17(13-11-16)21-15-22(20-8-3-4-9-23(20)28)27-24(26-21)18-6-5-7-19(25)14-18/h3-14,22,24,27-28H,2,15H2,1H3/t22-,24+/m1/s1. The first-order valence-corrected chi connectivity index (χ1v) is 9.59. The van der Waals surface area contributed by atoms with Crippen molar-refractivity contribution in [3.63, 3.8) is 0 Å². The molecule has 1 aliphatic rings. The molecule has 0 saturated heterocycles. The Morgan fingerprint density at radius 1 is 1.04 bits per heavy atom. The summed E-state index contributed by atoms with van der Waals surface area (Å²) in [4.78, 5) is 4.88. The van der Waals surface area contributed by atoms with Crippen molar-refractivity contribution in [2.45, 2.75) is 32.0 Å². The topological polar surface area (TPSA) is 44.6 Å². The van der Waals surface area contributed by atoms with Crippen molar-refractivity contribution in [1.82, 2.24) is 5.32 Å². The van der Waals surface area contributed by atoms with E-state index in [2.05, 4.69) is 36.5 Å². The van der Waals surface area contributed by atoms with Gasteiger partial charge < -0.3 is 5.11 Å². The predicted octanol–water partition coefficient (Wildman–Crippen LogP) is 5.32. The minimum absolute atomic E-state index is 0.118. The van der Waals surface area contributed by atoms with E-state index in [0.717, 1.165) is 28.8 Å². The van der Waals surface area contributed by atoms with E-state index >= 15 is 0 Å². The van der Waals surface area contributed by atoms with Crippen molar-refractivity contribution in [2.24, 2.45) is 4.99 Å². The molecule has 28 heavy (non-hydrogen) atoms. The molecule has 0 aromatic heterocycles. The van der Waals surface area contributed by atoms with Gasteiger partial charge in [0.05, 0.1) is 0 Å². The molecular weight excluding hydrogens is 351 g/mol. The number of phenols is 1. The number of hydrogen-bond acceptors (Lipinski definition) is 3. The van der Waals surface area contributed by atoms with Crippen LogP contribution in [0, 0.1) is 5.82 Å². The fourth-order valence-corrected chi connectivity index (χ4v) is 3.64. The number of phenolic OH excluding ortho intramolecular Hbond substituents is 1. The van der Waals surface area contributed by atoms with Crippen LogP contribution >= 0.6 is 0 Å². The van der Waals surface area contributed by atoms with E-state index in [1.54, 1.807) is 12.1 Å². The fraction of sp³-hybridized carbons (Fsp3) is 0.208. The van der Waals surface area contributed by atoms with Gasteiger partial charge in [-0.1, -0.05) is 61.5 Å². The zero-order valence-electron chi connectivity index (χ0n) is 15.8. The molecule has 0 bridgehead atoms. The van der Waals surface area contributed by atoms with Crippen LogP contribution in [0.4, 0.5) is 4.39 Å². The number of rotatable bonds is 4. The second-order valence-corrected chi connectivity index (χ2v) is 7.07. The number of nitrogens with one attached hydrogen (secondary N) is 1. The molecule has 4 heteroatoms. The molecule has 3 nitrogen and oxygen atoms in total. The van der Waals surface area contributed by atoms with Gasteiger partial charge in [-0.25, -0.2) is 4.39 Å². The molecule has 142 valence electrons. The summed E-state index contributed by atoms with van der Waals surface area (Å²) in [6, 6.07) is 22.1. The highest BCUT2D eigenvalue weighted by Gasteiger charge is 2.27. The fourth-order valence-electron chi connectivity index (χ4n) is 3.64. The molecule has 0 unspecified atom stereocenters. The van der Waals surface area contributed by atoms with Gasteiger partial charge >= 0.3 is 0 Å². The average Bonchev–Trinajstić information content (AvgIpc) is 2.74. The number of hydrogen-bond donors (Lipinski definition) is 2. The minimum atomic E-state index is -0.380. The van der Waals surface area contributed by atoms with E-state index in [1.807, 2.05) is 24.3 Å². The van der Waals surface area contributed by atoms with Crippen LogP contribution in [0.25, 0.3) is 0 Å². The van der Waals surface area contributed by atoms with Crippen molar-refractivity contribution in [2.75, 3.05) is 0 Å². The van der Waals surface area contributed by atoms with Crippen LogP contribution in [0.1, 0.15) is 47.8 Å². The molecule has 3 aromatic rings. The molecule has 2 atom stereocenters. The molecule has 4 rings (SSSR count). The van der Waals surface area contributed by atoms with Crippen molar-refractivity contribution < 1.29 is 9.50 Å². The SMILES string of the molecule is CCc1ccc(C2=N[C@H](c3cccc(F)c3)N[C@@H](c3ccccc3O)C2)cc1. The quantitative estimate of drug-likeness (QED) is 0.649. The molecule has 0 aliphatic carbocycles. The Morgan fingerprint density at radius 2 is 1.82 bits per heavy atom. The summed E-state index contributed by atoms with van der Waals surface area (Å²) in [5.74, 6) is -0.0337. The molecule has 0 radical (unpaired) electrons. The number of aromatic hydroxyl groups is 1. The third-order valence-corrected chi connectivity index (χ3v) is 5.21. The lowest BCUT2D eigenvalue weighted by molar-refractivity contribution is 0.412. The first kappa shape index (κ1) is 18.4. The summed E-state index contributed by atoms with van der Waals surface area (Å²) in [7, 11) is 0. The minimum Gasteiger partial charge on any atom is -0.508 e. The van der Waals surface area contributed by atoms with Gasteiger partial charge in [0.25, 0.3) is 0 Å². The molecule has 0 fully saturated rings. The van der Waals surface area contributed by atoms with Crippen LogP contribution in [0.15, 0.2) is 77.8 Å². The van der Waals surface area contributed by atoms with Crippen LogP contribution in [0.5, 0.6) is 5.75 Å². The highest BCUT2D eigenvalue weighted by molar-refractivity contribution is 6.01. The van der Waals surface area contributed by atoms with E-state index in [9.17, 15) is 9.50 Å². The predicted molar refractivity (Wildman–Crippen MR) is 110 cm³/mol. The highest BCUT2D eigenvalue weighted by Crippen LogP contribution is 2.34. The summed E-state index contributed by atoms with van der Waals surface area (Å²) in [5, 5.41) is 13.8. The second kappa shape index (κ2) is 7.95. The lowest BCUT2D eigenvalue weighted by Gasteiger charge is -2.31. The molecule has 0 spiro atoms. The Hall–Kier alpha value is -2.98. The maximum Gasteiger partial charge on any atom is 0.126 e. The van der Waals surface area contributed by atoms with Gasteiger partial charge in [0.1, 0.15) is 17.7 Å². The first-order chi connectivity index (χ1) is 13.6. The van der Waals surface area contributed by atoms with E-state index in [1.165, 1.54) is 17.7 Å². The van der Waals surface area contributed by atoms with E-state index < -0.39 is 0 Å². The number of benzene rings is 3. The van der Waals surface area contributed by atoms with Gasteiger partial charge in [0.2, 0.25) is 0 Å².